The van der Waals surface area contributed by atoms with E-state index in [0.29, 0.717) is 17.6 Å². The zero-order valence-electron chi connectivity index (χ0n) is 11.4. The Labute approximate surface area is 120 Å². The van der Waals surface area contributed by atoms with Gasteiger partial charge in [0.05, 0.1) is 11.2 Å². The van der Waals surface area contributed by atoms with Crippen LogP contribution in [-0.2, 0) is 0 Å². The first kappa shape index (κ1) is 13.2. The third-order valence-electron chi connectivity index (χ3n) is 3.22. The highest BCUT2D eigenvalue weighted by atomic mass is 19.1. The van der Waals surface area contributed by atoms with E-state index in [4.69, 9.17) is 0 Å². The highest BCUT2D eigenvalue weighted by molar-refractivity contribution is 5.98. The molecule has 0 aliphatic heterocycles. The van der Waals surface area contributed by atoms with Gasteiger partial charge in [-0.3, -0.25) is 4.90 Å². The third kappa shape index (κ3) is 2.24. The van der Waals surface area contributed by atoms with Gasteiger partial charge in [-0.25, -0.2) is 9.18 Å². The Hall–Kier alpha value is -2.76. The fraction of sp³-hybridized carbons (Fsp3) is 0.133. The van der Waals surface area contributed by atoms with E-state index in [2.05, 4.69) is 10.3 Å². The summed E-state index contributed by atoms with van der Waals surface area (Å²) in [6, 6.07) is 12.9. The number of rotatable bonds is 2. The van der Waals surface area contributed by atoms with Gasteiger partial charge in [0.1, 0.15) is 11.3 Å². The maximum atomic E-state index is 13.9. The Morgan fingerprint density at radius 1 is 1.19 bits per heavy atom. The van der Waals surface area contributed by atoms with Crippen molar-refractivity contribution in [1.29, 1.82) is 0 Å². The third-order valence-corrected chi connectivity index (χ3v) is 3.22. The summed E-state index contributed by atoms with van der Waals surface area (Å²) in [5.74, 6) is -0.447. The van der Waals surface area contributed by atoms with Gasteiger partial charge in [0.2, 0.25) is 0 Å². The lowest BCUT2D eigenvalue weighted by atomic mass is 10.3. The maximum absolute atomic E-state index is 13.9. The molecule has 21 heavy (non-hydrogen) atoms. The van der Waals surface area contributed by atoms with Gasteiger partial charge in [-0.15, -0.1) is 5.10 Å². The predicted molar refractivity (Wildman–Crippen MR) is 77.7 cm³/mol. The molecular weight excluding hydrogens is 271 g/mol. The molecule has 0 saturated heterocycles. The van der Waals surface area contributed by atoms with Crippen LogP contribution in [0.5, 0.6) is 0 Å². The second kappa shape index (κ2) is 5.32. The normalized spacial score (nSPS) is 10.8. The summed E-state index contributed by atoms with van der Waals surface area (Å²) in [4.78, 5) is 14.0. The van der Waals surface area contributed by atoms with Crippen molar-refractivity contribution in [3.63, 3.8) is 0 Å². The zero-order valence-corrected chi connectivity index (χ0v) is 11.4. The molecule has 106 valence electrons. The lowest BCUT2D eigenvalue weighted by molar-refractivity contribution is 0.245. The Kier molecular flexibility index (Phi) is 3.35. The molecule has 6 heteroatoms. The number of hydrogen-bond donors (Lipinski definition) is 0. The smallest absolute Gasteiger partial charge is 0.290 e. The first-order valence-electron chi connectivity index (χ1n) is 6.59. The van der Waals surface area contributed by atoms with Crippen LogP contribution in [0.15, 0.2) is 48.5 Å². The molecule has 0 aliphatic rings. The summed E-state index contributed by atoms with van der Waals surface area (Å²) in [5, 5.41) is 7.82. The maximum Gasteiger partial charge on any atom is 0.351 e. The van der Waals surface area contributed by atoms with E-state index in [0.717, 1.165) is 0 Å². The summed E-state index contributed by atoms with van der Waals surface area (Å²) in [6.07, 6.45) is 0. The summed E-state index contributed by atoms with van der Waals surface area (Å²) >= 11 is 0. The lowest BCUT2D eigenvalue weighted by Gasteiger charge is -2.20. The average Bonchev–Trinajstić information content (AvgIpc) is 2.93. The Morgan fingerprint density at radius 3 is 2.67 bits per heavy atom. The molecule has 1 heterocycles. The number of nitrogens with zero attached hydrogens (tertiary/aromatic N) is 4. The second-order valence-electron chi connectivity index (χ2n) is 4.47. The van der Waals surface area contributed by atoms with Crippen LogP contribution in [0.2, 0.25) is 0 Å². The van der Waals surface area contributed by atoms with Crippen molar-refractivity contribution >= 4 is 22.8 Å². The van der Waals surface area contributed by atoms with Crippen LogP contribution in [0.4, 0.5) is 14.9 Å². The topological polar surface area (TPSA) is 51.0 Å². The van der Waals surface area contributed by atoms with E-state index in [1.807, 2.05) is 6.07 Å². The molecule has 2 aromatic carbocycles. The van der Waals surface area contributed by atoms with Crippen molar-refractivity contribution in [2.75, 3.05) is 11.4 Å². The van der Waals surface area contributed by atoms with Gasteiger partial charge in [-0.2, -0.15) is 4.68 Å². The Bertz CT molecular complexity index is 799. The van der Waals surface area contributed by atoms with Crippen LogP contribution >= 0.6 is 0 Å². The largest absolute Gasteiger partial charge is 0.351 e. The number of fused-ring (bicyclic) bond motifs is 1. The van der Waals surface area contributed by atoms with Gasteiger partial charge < -0.3 is 0 Å². The quantitative estimate of drug-likeness (QED) is 0.726. The Morgan fingerprint density at radius 2 is 1.90 bits per heavy atom. The van der Waals surface area contributed by atoms with Crippen LogP contribution in [0, 0.1) is 5.82 Å². The highest BCUT2D eigenvalue weighted by Crippen LogP contribution is 2.20. The standard InChI is InChI=1S/C15H13FN4O/c1-2-19(13-9-5-3-7-11(13)16)15(21)20-14-10-6-4-8-12(14)17-18-20/h3-10H,2H2,1H3. The van der Waals surface area contributed by atoms with E-state index < -0.39 is 11.8 Å². The average molecular weight is 284 g/mol. The van der Waals surface area contributed by atoms with E-state index >= 15 is 0 Å². The van der Waals surface area contributed by atoms with E-state index in [9.17, 15) is 9.18 Å². The minimum atomic E-state index is -0.447. The molecule has 0 spiro atoms. The van der Waals surface area contributed by atoms with Gasteiger partial charge in [0.25, 0.3) is 0 Å². The first-order valence-corrected chi connectivity index (χ1v) is 6.59. The van der Waals surface area contributed by atoms with E-state index in [1.54, 1.807) is 43.3 Å². The molecule has 0 unspecified atom stereocenters. The highest BCUT2D eigenvalue weighted by Gasteiger charge is 2.21. The summed E-state index contributed by atoms with van der Waals surface area (Å²) < 4.78 is 15.1. The van der Waals surface area contributed by atoms with Crippen LogP contribution in [0.25, 0.3) is 11.0 Å². The fourth-order valence-corrected chi connectivity index (χ4v) is 2.20. The van der Waals surface area contributed by atoms with Gasteiger partial charge in [0.15, 0.2) is 0 Å². The van der Waals surface area contributed by atoms with Gasteiger partial charge in [0, 0.05) is 6.54 Å². The van der Waals surface area contributed by atoms with Crippen molar-refractivity contribution < 1.29 is 9.18 Å². The molecule has 3 aromatic rings. The van der Waals surface area contributed by atoms with Crippen molar-refractivity contribution in [2.24, 2.45) is 0 Å². The molecule has 5 nitrogen and oxygen atoms in total. The Balaban J connectivity index is 2.06. The molecule has 0 radical (unpaired) electrons. The van der Waals surface area contributed by atoms with Crippen molar-refractivity contribution in [3.8, 4) is 0 Å². The fourth-order valence-electron chi connectivity index (χ4n) is 2.20. The first-order chi connectivity index (χ1) is 10.2. The van der Waals surface area contributed by atoms with Crippen molar-refractivity contribution in [3.05, 3.63) is 54.3 Å². The van der Waals surface area contributed by atoms with E-state index in [1.165, 1.54) is 15.6 Å². The molecule has 0 atom stereocenters. The molecule has 1 aromatic heterocycles. The number of halogens is 1. The molecule has 1 amide bonds. The van der Waals surface area contributed by atoms with E-state index in [-0.39, 0.29) is 5.69 Å². The van der Waals surface area contributed by atoms with Crippen LogP contribution in [-0.4, -0.2) is 27.6 Å². The molecule has 0 aliphatic carbocycles. The zero-order chi connectivity index (χ0) is 14.8. The summed E-state index contributed by atoms with van der Waals surface area (Å²) in [7, 11) is 0. The number of carbonyl (C=O) groups is 1. The van der Waals surface area contributed by atoms with Gasteiger partial charge >= 0.3 is 6.03 Å². The van der Waals surface area contributed by atoms with Gasteiger partial charge in [-0.05, 0) is 31.2 Å². The monoisotopic (exact) mass is 284 g/mol. The number of hydrogen-bond acceptors (Lipinski definition) is 3. The van der Waals surface area contributed by atoms with Crippen LogP contribution < -0.4 is 4.90 Å². The molecular formula is C15H13FN4O. The van der Waals surface area contributed by atoms with Gasteiger partial charge in [-0.1, -0.05) is 29.5 Å². The summed E-state index contributed by atoms with van der Waals surface area (Å²) in [5.41, 5.74) is 1.44. The molecule has 0 bridgehead atoms. The van der Waals surface area contributed by atoms with Crippen molar-refractivity contribution in [2.45, 2.75) is 6.92 Å². The minimum Gasteiger partial charge on any atom is -0.290 e. The van der Waals surface area contributed by atoms with Crippen LogP contribution in [0.1, 0.15) is 6.92 Å². The minimum absolute atomic E-state index is 0.226. The predicted octanol–water partition coefficient (Wildman–Crippen LogP) is 3.07. The molecule has 3 rings (SSSR count). The number of carbonyl (C=O) groups excluding carboxylic acids is 1. The molecule has 0 fully saturated rings. The van der Waals surface area contributed by atoms with Crippen LogP contribution in [0.3, 0.4) is 0 Å². The lowest BCUT2D eigenvalue weighted by Crippen LogP contribution is -2.35. The number of aromatic nitrogens is 3. The van der Waals surface area contributed by atoms with Crippen molar-refractivity contribution in [1.82, 2.24) is 15.0 Å². The number of para-hydroxylation sites is 2. The number of anilines is 1. The SMILES string of the molecule is CCN(C(=O)n1nnc2ccccc21)c1ccccc1F. The molecule has 0 saturated carbocycles. The molecule has 0 N–H and O–H groups in total. The number of benzene rings is 2. The number of amides is 1. The second-order valence-corrected chi connectivity index (χ2v) is 4.47. The summed E-state index contributed by atoms with van der Waals surface area (Å²) in [6.45, 7) is 2.11.